The first-order valence-corrected chi connectivity index (χ1v) is 16.1. The van der Waals surface area contributed by atoms with Gasteiger partial charge in [-0.3, -0.25) is 14.7 Å². The number of hydrogen-bond donors (Lipinski definition) is 3. The van der Waals surface area contributed by atoms with E-state index < -0.39 is 0 Å². The molecule has 4 N–H and O–H groups in total. The molecule has 0 saturated carbocycles. The molecule has 1 saturated heterocycles. The van der Waals surface area contributed by atoms with Crippen molar-refractivity contribution in [3.63, 3.8) is 0 Å². The third kappa shape index (κ3) is 7.94. The Balaban J connectivity index is 1.30. The first-order valence-electron chi connectivity index (χ1n) is 16.1. The van der Waals surface area contributed by atoms with Gasteiger partial charge in [-0.1, -0.05) is 45.0 Å². The summed E-state index contributed by atoms with van der Waals surface area (Å²) in [5.41, 5.74) is 9.66. The summed E-state index contributed by atoms with van der Waals surface area (Å²) in [5, 5.41) is 15.1. The molecule has 242 valence electrons. The Bertz CT molecular complexity index is 1540. The van der Waals surface area contributed by atoms with Gasteiger partial charge in [0, 0.05) is 30.2 Å². The Labute approximate surface area is 266 Å². The molecule has 45 heavy (non-hydrogen) atoms. The normalized spacial score (nSPS) is 21.1. The maximum atomic E-state index is 13.3. The Morgan fingerprint density at radius 3 is 2.62 bits per heavy atom. The van der Waals surface area contributed by atoms with E-state index in [1.165, 1.54) is 6.42 Å². The van der Waals surface area contributed by atoms with Crippen LogP contribution in [0.4, 0.5) is 10.7 Å². The highest BCUT2D eigenvalue weighted by Gasteiger charge is 2.30. The van der Waals surface area contributed by atoms with Crippen molar-refractivity contribution in [2.45, 2.75) is 78.0 Å². The minimum absolute atomic E-state index is 0.147. The molecule has 5 rings (SSSR count). The van der Waals surface area contributed by atoms with E-state index in [0.717, 1.165) is 67.2 Å². The number of rotatable bonds is 8. The topological polar surface area (TPSA) is 125 Å². The molecular weight excluding hydrogens is 566 g/mol. The van der Waals surface area contributed by atoms with Gasteiger partial charge in [0.2, 0.25) is 5.95 Å². The van der Waals surface area contributed by atoms with Crippen LogP contribution in [0.1, 0.15) is 83.1 Å². The standard InChI is InChI=1S/C34H49N9O2/c1-23-11-9-10-19-42(23)33-40-39-31-17-14-24(22-43(31)33)45-28-16-15-27(25-12-7-8-13-26(25)28)37-32(44)38-30(36-18-20-41(5)6)21-29(35)34(2,3)4/h7-8,12-14,17,21-23,27-28H,9-11,15-16,18-20,35H2,1-6H3,(H2,36,37,38,44)/b29-21-/t23-,27-,28+/m0/s1. The van der Waals surface area contributed by atoms with E-state index in [-0.39, 0.29) is 23.6 Å². The smallest absolute Gasteiger partial charge is 0.320 e. The monoisotopic (exact) mass is 615 g/mol. The highest BCUT2D eigenvalue weighted by Crippen LogP contribution is 2.39. The third-order valence-corrected chi connectivity index (χ3v) is 8.67. The summed E-state index contributed by atoms with van der Waals surface area (Å²) in [7, 11) is 3.99. The molecule has 3 aromatic rings. The van der Waals surface area contributed by atoms with Gasteiger partial charge in [-0.05, 0) is 82.5 Å². The van der Waals surface area contributed by atoms with E-state index in [9.17, 15) is 4.79 Å². The van der Waals surface area contributed by atoms with Crippen molar-refractivity contribution in [3.05, 3.63) is 65.5 Å². The van der Waals surface area contributed by atoms with Gasteiger partial charge in [0.1, 0.15) is 17.7 Å². The number of amidine groups is 1. The molecule has 2 aromatic heterocycles. The largest absolute Gasteiger partial charge is 0.484 e. The van der Waals surface area contributed by atoms with Crippen LogP contribution in [0.2, 0.25) is 0 Å². The average Bonchev–Trinajstić information content (AvgIpc) is 3.41. The Morgan fingerprint density at radius 1 is 1.11 bits per heavy atom. The molecule has 11 heteroatoms. The van der Waals surface area contributed by atoms with Gasteiger partial charge in [0.05, 0.1) is 18.8 Å². The zero-order valence-electron chi connectivity index (χ0n) is 27.6. The minimum atomic E-state index is -0.312. The number of ether oxygens (including phenoxy) is 1. The van der Waals surface area contributed by atoms with Gasteiger partial charge in [-0.2, -0.15) is 0 Å². The fraction of sp³-hybridized carbons (Fsp3) is 0.529. The zero-order valence-corrected chi connectivity index (χ0v) is 27.6. The number of piperidine rings is 1. The molecule has 2 amide bonds. The fourth-order valence-electron chi connectivity index (χ4n) is 5.87. The second-order valence-corrected chi connectivity index (χ2v) is 13.5. The molecule has 1 aliphatic carbocycles. The lowest BCUT2D eigenvalue weighted by molar-refractivity contribution is 0.171. The van der Waals surface area contributed by atoms with E-state index in [0.29, 0.717) is 24.1 Å². The second kappa shape index (κ2) is 13.9. The average molecular weight is 616 g/mol. The number of allylic oxidation sites excluding steroid dienone is 1. The maximum absolute atomic E-state index is 13.3. The van der Waals surface area contributed by atoms with Crippen molar-refractivity contribution in [2.24, 2.45) is 16.1 Å². The summed E-state index contributed by atoms with van der Waals surface area (Å²) < 4.78 is 8.66. The molecule has 1 aliphatic heterocycles. The Hall–Kier alpha value is -4.12. The summed E-state index contributed by atoms with van der Waals surface area (Å²) in [4.78, 5) is 22.3. The third-order valence-electron chi connectivity index (χ3n) is 8.67. The van der Waals surface area contributed by atoms with Crippen LogP contribution >= 0.6 is 0 Å². The summed E-state index contributed by atoms with van der Waals surface area (Å²) in [6.07, 6.45) is 8.66. The van der Waals surface area contributed by atoms with Gasteiger partial charge in [0.25, 0.3) is 0 Å². The summed E-state index contributed by atoms with van der Waals surface area (Å²) in [6, 6.07) is 12.0. The number of benzene rings is 1. The number of nitrogens with one attached hydrogen (secondary N) is 2. The van der Waals surface area contributed by atoms with Crippen LogP contribution in [0.15, 0.2) is 59.4 Å². The zero-order chi connectivity index (χ0) is 32.1. The molecule has 3 atom stereocenters. The van der Waals surface area contributed by atoms with Crippen molar-refractivity contribution in [1.29, 1.82) is 0 Å². The molecule has 0 spiro atoms. The van der Waals surface area contributed by atoms with E-state index in [1.807, 2.05) is 74.6 Å². The van der Waals surface area contributed by atoms with Crippen molar-refractivity contribution < 1.29 is 9.53 Å². The second-order valence-electron chi connectivity index (χ2n) is 13.5. The number of hydrogen-bond acceptors (Lipinski definition) is 8. The molecule has 0 radical (unpaired) electrons. The number of urea groups is 1. The van der Waals surface area contributed by atoms with Gasteiger partial charge >= 0.3 is 6.03 Å². The SMILES string of the molecule is C[C@H]1CCCCN1c1nnc2ccc(O[C@@H]3CC[C@H](NC(=O)NC(/C=C(\N)C(C)(C)C)=NCCN(C)C)c4ccccc43)cn12. The predicted octanol–water partition coefficient (Wildman–Crippen LogP) is 5.21. The highest BCUT2D eigenvalue weighted by molar-refractivity contribution is 6.04. The highest BCUT2D eigenvalue weighted by atomic mass is 16.5. The molecular formula is C34H49N9O2. The van der Waals surface area contributed by atoms with E-state index >= 15 is 0 Å². The quantitative estimate of drug-likeness (QED) is 0.235. The van der Waals surface area contributed by atoms with Crippen LogP contribution < -0.4 is 26.0 Å². The van der Waals surface area contributed by atoms with Crippen LogP contribution in [0.3, 0.4) is 0 Å². The lowest BCUT2D eigenvalue weighted by atomic mass is 9.85. The number of anilines is 1. The van der Waals surface area contributed by atoms with Crippen LogP contribution in [0.25, 0.3) is 5.65 Å². The number of carbonyl (C=O) groups excluding carboxylic acids is 1. The molecule has 3 heterocycles. The first-order chi connectivity index (χ1) is 21.5. The maximum Gasteiger partial charge on any atom is 0.320 e. The van der Waals surface area contributed by atoms with Crippen LogP contribution in [0, 0.1) is 5.41 Å². The summed E-state index contributed by atoms with van der Waals surface area (Å²) in [5.74, 6) is 2.08. The molecule has 0 unspecified atom stereocenters. The van der Waals surface area contributed by atoms with Gasteiger partial charge < -0.3 is 25.6 Å². The molecule has 1 aromatic carbocycles. The number of pyridine rings is 1. The summed E-state index contributed by atoms with van der Waals surface area (Å²) in [6.45, 7) is 10.6. The number of aliphatic imine (C=N–C) groups is 1. The van der Waals surface area contributed by atoms with Crippen LogP contribution in [-0.2, 0) is 0 Å². The van der Waals surface area contributed by atoms with Crippen molar-refractivity contribution in [1.82, 2.24) is 30.1 Å². The van der Waals surface area contributed by atoms with Gasteiger partial charge in [0.15, 0.2) is 5.65 Å². The lowest BCUT2D eigenvalue weighted by Crippen LogP contribution is -2.42. The fourth-order valence-corrected chi connectivity index (χ4v) is 5.87. The number of likely N-dealkylation sites (N-methyl/N-ethyl adjacent to an activating group) is 1. The molecule has 0 bridgehead atoms. The van der Waals surface area contributed by atoms with Crippen LogP contribution in [-0.4, -0.2) is 71.1 Å². The van der Waals surface area contributed by atoms with Crippen molar-refractivity contribution in [2.75, 3.05) is 38.6 Å². The first kappa shape index (κ1) is 32.3. The number of aromatic nitrogens is 3. The minimum Gasteiger partial charge on any atom is -0.484 e. The molecule has 11 nitrogen and oxygen atoms in total. The number of amides is 2. The van der Waals surface area contributed by atoms with E-state index in [4.69, 9.17) is 10.5 Å². The summed E-state index contributed by atoms with van der Waals surface area (Å²) >= 11 is 0. The van der Waals surface area contributed by atoms with Gasteiger partial charge in [-0.15, -0.1) is 10.2 Å². The number of carbonyl (C=O) groups is 1. The number of nitrogens with zero attached hydrogens (tertiary/aromatic N) is 6. The Morgan fingerprint density at radius 2 is 1.89 bits per heavy atom. The Kier molecular flexibility index (Phi) is 9.96. The van der Waals surface area contributed by atoms with E-state index in [2.05, 4.69) is 49.8 Å². The number of fused-ring (bicyclic) bond motifs is 2. The van der Waals surface area contributed by atoms with E-state index in [1.54, 1.807) is 6.08 Å². The lowest BCUT2D eigenvalue weighted by Gasteiger charge is -2.33. The van der Waals surface area contributed by atoms with Gasteiger partial charge in [-0.25, -0.2) is 4.79 Å². The van der Waals surface area contributed by atoms with Crippen LogP contribution in [0.5, 0.6) is 5.75 Å². The molecule has 1 fully saturated rings. The van der Waals surface area contributed by atoms with Crippen molar-refractivity contribution in [3.8, 4) is 5.75 Å². The molecule has 2 aliphatic rings. The van der Waals surface area contributed by atoms with Crippen molar-refractivity contribution >= 4 is 23.5 Å². The predicted molar refractivity (Wildman–Crippen MR) is 180 cm³/mol. The number of nitrogens with two attached hydrogens (primary N) is 1.